The number of ether oxygens (including phenoxy) is 1. The Hall–Kier alpha value is -2.36. The predicted molar refractivity (Wildman–Crippen MR) is 52.6 cm³/mol. The highest BCUT2D eigenvalue weighted by Gasteiger charge is 2.23. The Bertz CT molecular complexity index is 413. The molecule has 0 aromatic carbocycles. The number of aromatic nitrogens is 2. The summed E-state index contributed by atoms with van der Waals surface area (Å²) in [6.07, 6.45) is 6.17. The third kappa shape index (κ3) is 2.31. The van der Waals surface area contributed by atoms with Crippen molar-refractivity contribution in [2.24, 2.45) is 0 Å². The Morgan fingerprint density at radius 2 is 2.47 bits per heavy atom. The molecule has 0 aliphatic carbocycles. The van der Waals surface area contributed by atoms with Crippen molar-refractivity contribution in [2.75, 3.05) is 19.0 Å². The number of rotatable bonds is 4. The Labute approximate surface area is 85.6 Å². The largest absolute Gasteiger partial charge is 0.476 e. The molecule has 1 aromatic rings. The van der Waals surface area contributed by atoms with Gasteiger partial charge in [-0.15, -0.1) is 6.42 Å². The first-order valence-electron chi connectivity index (χ1n) is 3.91. The van der Waals surface area contributed by atoms with Gasteiger partial charge in [-0.25, -0.2) is 4.98 Å². The quantitative estimate of drug-likeness (QED) is 0.438. The van der Waals surface area contributed by atoms with Crippen LogP contribution < -0.4 is 10.1 Å². The van der Waals surface area contributed by atoms with Crippen molar-refractivity contribution in [3.8, 4) is 18.2 Å². The summed E-state index contributed by atoms with van der Waals surface area (Å²) in [5.74, 6) is 2.23. The first-order chi connectivity index (χ1) is 7.20. The number of nitrogens with one attached hydrogen (secondary N) is 1. The molecule has 0 aliphatic rings. The summed E-state index contributed by atoms with van der Waals surface area (Å²) in [6, 6.07) is 0. The highest BCUT2D eigenvalue weighted by atomic mass is 16.6. The van der Waals surface area contributed by atoms with Gasteiger partial charge in [-0.3, -0.25) is 10.1 Å². The van der Waals surface area contributed by atoms with Gasteiger partial charge < -0.3 is 10.1 Å². The van der Waals surface area contributed by atoms with E-state index in [1.54, 1.807) is 0 Å². The first-order valence-corrected chi connectivity index (χ1v) is 3.91. The lowest BCUT2D eigenvalue weighted by Gasteiger charge is -2.04. The number of nitro groups is 1. The van der Waals surface area contributed by atoms with Crippen molar-refractivity contribution in [3.63, 3.8) is 0 Å². The van der Waals surface area contributed by atoms with Gasteiger partial charge in [-0.05, 0) is 0 Å². The summed E-state index contributed by atoms with van der Waals surface area (Å²) in [5.41, 5.74) is -0.324. The minimum Gasteiger partial charge on any atom is -0.476 e. The lowest BCUT2D eigenvalue weighted by molar-refractivity contribution is -0.385. The topological polar surface area (TPSA) is 90.2 Å². The van der Waals surface area contributed by atoms with Crippen LogP contribution in [-0.2, 0) is 0 Å². The second-order valence-electron chi connectivity index (χ2n) is 2.39. The highest BCUT2D eigenvalue weighted by molar-refractivity contribution is 5.61. The van der Waals surface area contributed by atoms with Crippen LogP contribution in [0.5, 0.6) is 5.88 Å². The van der Waals surface area contributed by atoms with E-state index in [-0.39, 0.29) is 23.9 Å². The molecular weight excluding hydrogens is 200 g/mol. The van der Waals surface area contributed by atoms with Gasteiger partial charge in [0.1, 0.15) is 6.33 Å². The highest BCUT2D eigenvalue weighted by Crippen LogP contribution is 2.29. The fourth-order valence-corrected chi connectivity index (χ4v) is 0.941. The van der Waals surface area contributed by atoms with Gasteiger partial charge in [0.05, 0.1) is 18.6 Å². The van der Waals surface area contributed by atoms with Gasteiger partial charge in [-0.2, -0.15) is 4.98 Å². The van der Waals surface area contributed by atoms with Gasteiger partial charge in [0.25, 0.3) is 5.88 Å². The van der Waals surface area contributed by atoms with Gasteiger partial charge in [-0.1, -0.05) is 5.92 Å². The Balaban J connectivity index is 3.14. The van der Waals surface area contributed by atoms with E-state index < -0.39 is 4.92 Å². The molecule has 0 saturated heterocycles. The van der Waals surface area contributed by atoms with Crippen LogP contribution >= 0.6 is 0 Å². The summed E-state index contributed by atoms with van der Waals surface area (Å²) in [5, 5.41) is 13.3. The lowest BCUT2D eigenvalue weighted by Crippen LogP contribution is -2.06. The molecule has 15 heavy (non-hydrogen) atoms. The molecule has 7 heteroatoms. The molecule has 0 aliphatic heterocycles. The monoisotopic (exact) mass is 208 g/mol. The summed E-state index contributed by atoms with van der Waals surface area (Å²) < 4.78 is 4.74. The maximum atomic E-state index is 10.7. The SMILES string of the molecule is C#CCNc1ncnc(OC)c1[N+](=O)[O-]. The fourth-order valence-electron chi connectivity index (χ4n) is 0.941. The summed E-state index contributed by atoms with van der Waals surface area (Å²) >= 11 is 0. The molecule has 0 bridgehead atoms. The van der Waals surface area contributed by atoms with Crippen molar-refractivity contribution in [1.29, 1.82) is 0 Å². The van der Waals surface area contributed by atoms with Crippen molar-refractivity contribution >= 4 is 11.5 Å². The lowest BCUT2D eigenvalue weighted by atomic mass is 10.4. The van der Waals surface area contributed by atoms with Crippen LogP contribution in [0.25, 0.3) is 0 Å². The van der Waals surface area contributed by atoms with Crippen LogP contribution in [0.15, 0.2) is 6.33 Å². The minimum atomic E-state index is -0.627. The van der Waals surface area contributed by atoms with Crippen LogP contribution in [0.2, 0.25) is 0 Å². The third-order valence-electron chi connectivity index (χ3n) is 1.52. The molecule has 1 rings (SSSR count). The van der Waals surface area contributed by atoms with Crippen LogP contribution in [0.4, 0.5) is 11.5 Å². The first kappa shape index (κ1) is 10.7. The molecule has 1 heterocycles. The Morgan fingerprint density at radius 3 is 3.00 bits per heavy atom. The molecule has 0 amide bonds. The van der Waals surface area contributed by atoms with E-state index in [1.165, 1.54) is 7.11 Å². The van der Waals surface area contributed by atoms with Crippen LogP contribution in [-0.4, -0.2) is 28.5 Å². The number of terminal acetylenes is 1. The maximum absolute atomic E-state index is 10.7. The van der Waals surface area contributed by atoms with Crippen molar-refractivity contribution in [2.45, 2.75) is 0 Å². The molecule has 1 N–H and O–H groups in total. The third-order valence-corrected chi connectivity index (χ3v) is 1.52. The van der Waals surface area contributed by atoms with E-state index in [9.17, 15) is 10.1 Å². The zero-order chi connectivity index (χ0) is 11.3. The molecule has 0 unspecified atom stereocenters. The van der Waals surface area contributed by atoms with E-state index >= 15 is 0 Å². The predicted octanol–water partition coefficient (Wildman–Crippen LogP) is 0.438. The Kier molecular flexibility index (Phi) is 3.40. The van der Waals surface area contributed by atoms with Gasteiger partial charge in [0.2, 0.25) is 5.82 Å². The zero-order valence-electron chi connectivity index (χ0n) is 7.93. The van der Waals surface area contributed by atoms with Gasteiger partial charge >= 0.3 is 5.69 Å². The van der Waals surface area contributed by atoms with E-state index in [4.69, 9.17) is 11.2 Å². The summed E-state index contributed by atoms with van der Waals surface area (Å²) in [4.78, 5) is 17.4. The molecule has 0 spiro atoms. The standard InChI is InChI=1S/C8H8N4O3/c1-3-4-9-7-6(12(13)14)8(15-2)11-5-10-7/h1,5H,4H2,2H3,(H,9,10,11). The smallest absolute Gasteiger partial charge is 0.372 e. The second kappa shape index (κ2) is 4.76. The summed E-state index contributed by atoms with van der Waals surface area (Å²) in [6.45, 7) is 0.140. The van der Waals surface area contributed by atoms with Crippen LogP contribution in [0, 0.1) is 22.5 Å². The minimum absolute atomic E-state index is 0.0461. The maximum Gasteiger partial charge on any atom is 0.372 e. The molecular formula is C8H8N4O3. The second-order valence-corrected chi connectivity index (χ2v) is 2.39. The number of hydrogen-bond acceptors (Lipinski definition) is 6. The average Bonchev–Trinajstić information content (AvgIpc) is 2.25. The van der Waals surface area contributed by atoms with E-state index in [0.29, 0.717) is 0 Å². The van der Waals surface area contributed by atoms with Gasteiger partial charge in [0.15, 0.2) is 0 Å². The number of methoxy groups -OCH3 is 1. The fraction of sp³-hybridized carbons (Fsp3) is 0.250. The molecule has 7 nitrogen and oxygen atoms in total. The van der Waals surface area contributed by atoms with Crippen molar-refractivity contribution in [3.05, 3.63) is 16.4 Å². The number of anilines is 1. The normalized spacial score (nSPS) is 9.07. The molecule has 78 valence electrons. The summed E-state index contributed by atoms with van der Waals surface area (Å²) in [7, 11) is 1.29. The molecule has 0 fully saturated rings. The molecule has 0 radical (unpaired) electrons. The number of hydrogen-bond donors (Lipinski definition) is 1. The molecule has 0 saturated carbocycles. The molecule has 0 atom stereocenters. The van der Waals surface area contributed by atoms with E-state index in [1.807, 2.05) is 0 Å². The van der Waals surface area contributed by atoms with E-state index in [0.717, 1.165) is 6.33 Å². The Morgan fingerprint density at radius 1 is 1.73 bits per heavy atom. The van der Waals surface area contributed by atoms with Crippen molar-refractivity contribution in [1.82, 2.24) is 9.97 Å². The number of nitrogens with zero attached hydrogens (tertiary/aromatic N) is 3. The average molecular weight is 208 g/mol. The van der Waals surface area contributed by atoms with Crippen LogP contribution in [0.3, 0.4) is 0 Å². The van der Waals surface area contributed by atoms with Crippen molar-refractivity contribution < 1.29 is 9.66 Å². The van der Waals surface area contributed by atoms with E-state index in [2.05, 4.69) is 21.2 Å². The zero-order valence-corrected chi connectivity index (χ0v) is 7.93. The van der Waals surface area contributed by atoms with Gasteiger partial charge in [0, 0.05) is 0 Å². The molecule has 1 aromatic heterocycles. The van der Waals surface area contributed by atoms with Crippen LogP contribution in [0.1, 0.15) is 0 Å².